The highest BCUT2D eigenvalue weighted by Crippen LogP contribution is 2.30. The predicted octanol–water partition coefficient (Wildman–Crippen LogP) is 3.94. The van der Waals surface area contributed by atoms with Crippen LogP contribution in [0.25, 0.3) is 0 Å². The van der Waals surface area contributed by atoms with Gasteiger partial charge in [0.15, 0.2) is 0 Å². The Hall–Kier alpha value is -1.96. The Kier molecular flexibility index (Phi) is 6.39. The number of carbonyl (C=O) groups excluding carboxylic acids is 1. The fourth-order valence-electron chi connectivity index (χ4n) is 2.11. The van der Waals surface area contributed by atoms with Crippen LogP contribution in [0.3, 0.4) is 0 Å². The second kappa shape index (κ2) is 8.16. The SMILES string of the molecule is COc1ccc(S(=O)(=O)Nc2cc(C(=O)NC(C)C)ccc2Cl)cc1Cl. The van der Waals surface area contributed by atoms with E-state index in [1.165, 1.54) is 43.5 Å². The topological polar surface area (TPSA) is 84.5 Å². The summed E-state index contributed by atoms with van der Waals surface area (Å²) in [6, 6.07) is 8.37. The fourth-order valence-corrected chi connectivity index (χ4v) is 3.75. The molecule has 0 aliphatic rings. The van der Waals surface area contributed by atoms with Crippen molar-refractivity contribution < 1.29 is 17.9 Å². The van der Waals surface area contributed by atoms with Crippen LogP contribution in [0.15, 0.2) is 41.3 Å². The summed E-state index contributed by atoms with van der Waals surface area (Å²) < 4.78 is 32.6. The van der Waals surface area contributed by atoms with E-state index < -0.39 is 10.0 Å². The summed E-state index contributed by atoms with van der Waals surface area (Å²) in [6.45, 7) is 3.65. The van der Waals surface area contributed by atoms with Crippen LogP contribution in [0.1, 0.15) is 24.2 Å². The molecular weight excluding hydrogens is 399 g/mol. The molecule has 9 heteroatoms. The summed E-state index contributed by atoms with van der Waals surface area (Å²) in [5.74, 6) is 0.0283. The van der Waals surface area contributed by atoms with Gasteiger partial charge in [0.1, 0.15) is 5.75 Å². The molecule has 0 spiro atoms. The molecule has 6 nitrogen and oxygen atoms in total. The Morgan fingerprint density at radius 3 is 2.35 bits per heavy atom. The zero-order chi connectivity index (χ0) is 19.5. The second-order valence-electron chi connectivity index (χ2n) is 5.72. The molecule has 0 aliphatic carbocycles. The van der Waals surface area contributed by atoms with Gasteiger partial charge in [0.05, 0.1) is 27.7 Å². The summed E-state index contributed by atoms with van der Waals surface area (Å²) in [5.41, 5.74) is 0.378. The number of ether oxygens (including phenoxy) is 1. The van der Waals surface area contributed by atoms with E-state index in [1.807, 2.05) is 13.8 Å². The number of nitrogens with one attached hydrogen (secondary N) is 2. The molecular formula is C17H18Cl2N2O4S. The van der Waals surface area contributed by atoms with Crippen LogP contribution >= 0.6 is 23.2 Å². The number of amides is 1. The first kappa shape index (κ1) is 20.4. The van der Waals surface area contributed by atoms with Crippen molar-refractivity contribution in [3.63, 3.8) is 0 Å². The molecule has 2 aromatic rings. The van der Waals surface area contributed by atoms with Crippen LogP contribution in [0.2, 0.25) is 10.0 Å². The van der Waals surface area contributed by atoms with E-state index in [-0.39, 0.29) is 38.1 Å². The molecule has 2 rings (SSSR count). The van der Waals surface area contributed by atoms with Crippen molar-refractivity contribution in [3.05, 3.63) is 52.0 Å². The minimum Gasteiger partial charge on any atom is -0.495 e. The molecule has 0 saturated carbocycles. The monoisotopic (exact) mass is 416 g/mol. The maximum absolute atomic E-state index is 12.6. The van der Waals surface area contributed by atoms with E-state index in [2.05, 4.69) is 10.0 Å². The minimum absolute atomic E-state index is 0.0558. The largest absolute Gasteiger partial charge is 0.495 e. The molecule has 0 bridgehead atoms. The summed E-state index contributed by atoms with van der Waals surface area (Å²) in [6.07, 6.45) is 0. The molecule has 26 heavy (non-hydrogen) atoms. The van der Waals surface area contributed by atoms with Gasteiger partial charge in [-0.05, 0) is 50.2 Å². The number of anilines is 1. The third-order valence-electron chi connectivity index (χ3n) is 3.33. The molecule has 0 radical (unpaired) electrons. The lowest BCUT2D eigenvalue weighted by atomic mass is 10.2. The Morgan fingerprint density at radius 1 is 1.08 bits per heavy atom. The number of hydrogen-bond donors (Lipinski definition) is 2. The molecule has 0 fully saturated rings. The maximum Gasteiger partial charge on any atom is 0.261 e. The van der Waals surface area contributed by atoms with Crippen molar-refractivity contribution in [3.8, 4) is 5.75 Å². The molecule has 0 aromatic heterocycles. The van der Waals surface area contributed by atoms with Crippen LogP contribution < -0.4 is 14.8 Å². The highest BCUT2D eigenvalue weighted by atomic mass is 35.5. The number of hydrogen-bond acceptors (Lipinski definition) is 4. The van der Waals surface area contributed by atoms with Gasteiger partial charge in [0, 0.05) is 11.6 Å². The smallest absolute Gasteiger partial charge is 0.261 e. The van der Waals surface area contributed by atoms with Gasteiger partial charge < -0.3 is 10.1 Å². The Balaban J connectivity index is 2.34. The molecule has 0 saturated heterocycles. The Bertz CT molecular complexity index is 930. The summed E-state index contributed by atoms with van der Waals surface area (Å²) in [4.78, 5) is 12.0. The molecule has 0 heterocycles. The van der Waals surface area contributed by atoms with E-state index in [4.69, 9.17) is 27.9 Å². The van der Waals surface area contributed by atoms with Gasteiger partial charge in [-0.15, -0.1) is 0 Å². The molecule has 2 N–H and O–H groups in total. The number of halogens is 2. The second-order valence-corrected chi connectivity index (χ2v) is 8.22. The third kappa shape index (κ3) is 4.81. The van der Waals surface area contributed by atoms with Crippen LogP contribution in [0, 0.1) is 0 Å². The highest BCUT2D eigenvalue weighted by Gasteiger charge is 2.19. The van der Waals surface area contributed by atoms with E-state index in [0.717, 1.165) is 0 Å². The van der Waals surface area contributed by atoms with Crippen molar-refractivity contribution in [2.24, 2.45) is 0 Å². The van der Waals surface area contributed by atoms with Crippen molar-refractivity contribution in [2.75, 3.05) is 11.8 Å². The molecule has 0 aliphatic heterocycles. The Morgan fingerprint density at radius 2 is 1.77 bits per heavy atom. The van der Waals surface area contributed by atoms with Crippen molar-refractivity contribution in [1.82, 2.24) is 5.32 Å². The average molecular weight is 417 g/mol. The zero-order valence-corrected chi connectivity index (χ0v) is 16.7. The standard InChI is InChI=1S/C17H18Cl2N2O4S/c1-10(2)20-17(22)11-4-6-13(18)15(8-11)21-26(23,24)12-5-7-16(25-3)14(19)9-12/h4-10,21H,1-3H3,(H,20,22). The lowest BCUT2D eigenvalue weighted by Gasteiger charge is -2.13. The van der Waals surface area contributed by atoms with Crippen molar-refractivity contribution in [2.45, 2.75) is 24.8 Å². The minimum atomic E-state index is -3.95. The predicted molar refractivity (Wildman–Crippen MR) is 103 cm³/mol. The summed E-state index contributed by atoms with van der Waals surface area (Å²) in [5, 5.41) is 3.05. The Labute approximate surface area is 162 Å². The average Bonchev–Trinajstić information content (AvgIpc) is 2.55. The molecule has 2 aromatic carbocycles. The summed E-state index contributed by atoms with van der Waals surface area (Å²) >= 11 is 12.1. The van der Waals surface area contributed by atoms with Crippen LogP contribution in [0.5, 0.6) is 5.75 Å². The number of rotatable bonds is 6. The van der Waals surface area contributed by atoms with Gasteiger partial charge in [0.25, 0.3) is 15.9 Å². The van der Waals surface area contributed by atoms with Gasteiger partial charge in [0.2, 0.25) is 0 Å². The summed E-state index contributed by atoms with van der Waals surface area (Å²) in [7, 11) is -2.52. The number of methoxy groups -OCH3 is 1. The molecule has 0 unspecified atom stereocenters. The fraction of sp³-hybridized carbons (Fsp3) is 0.235. The third-order valence-corrected chi connectivity index (χ3v) is 5.31. The normalized spacial score (nSPS) is 11.3. The van der Waals surface area contributed by atoms with E-state index in [0.29, 0.717) is 5.75 Å². The quantitative estimate of drug-likeness (QED) is 0.746. The lowest BCUT2D eigenvalue weighted by Crippen LogP contribution is -2.30. The zero-order valence-electron chi connectivity index (χ0n) is 14.3. The number of carbonyl (C=O) groups is 1. The molecule has 0 atom stereocenters. The van der Waals surface area contributed by atoms with Crippen molar-refractivity contribution >= 4 is 44.8 Å². The first-order chi connectivity index (χ1) is 12.1. The van der Waals surface area contributed by atoms with E-state index in [9.17, 15) is 13.2 Å². The van der Waals surface area contributed by atoms with Crippen molar-refractivity contribution in [1.29, 1.82) is 0 Å². The molecule has 1 amide bonds. The van der Waals surface area contributed by atoms with Crippen LogP contribution in [0.4, 0.5) is 5.69 Å². The van der Waals surface area contributed by atoms with Gasteiger partial charge in [-0.3, -0.25) is 9.52 Å². The number of benzene rings is 2. The number of sulfonamides is 1. The highest BCUT2D eigenvalue weighted by molar-refractivity contribution is 7.92. The van der Waals surface area contributed by atoms with E-state index >= 15 is 0 Å². The van der Waals surface area contributed by atoms with E-state index in [1.54, 1.807) is 0 Å². The van der Waals surface area contributed by atoms with Gasteiger partial charge in [-0.1, -0.05) is 23.2 Å². The van der Waals surface area contributed by atoms with Gasteiger partial charge in [-0.25, -0.2) is 8.42 Å². The lowest BCUT2D eigenvalue weighted by molar-refractivity contribution is 0.0943. The van der Waals surface area contributed by atoms with Crippen LogP contribution in [-0.2, 0) is 10.0 Å². The first-order valence-electron chi connectivity index (χ1n) is 7.61. The molecule has 140 valence electrons. The maximum atomic E-state index is 12.6. The van der Waals surface area contributed by atoms with Gasteiger partial charge in [-0.2, -0.15) is 0 Å². The van der Waals surface area contributed by atoms with Gasteiger partial charge >= 0.3 is 0 Å². The first-order valence-corrected chi connectivity index (χ1v) is 9.84. The van der Waals surface area contributed by atoms with Crippen LogP contribution in [-0.4, -0.2) is 27.5 Å².